The van der Waals surface area contributed by atoms with Gasteiger partial charge in [0.15, 0.2) is 0 Å². The zero-order chi connectivity index (χ0) is 20.1. The fraction of sp³-hybridized carbons (Fsp3) is 0.600. The molecule has 8 heteroatoms. The Morgan fingerprint density at radius 1 is 1.29 bits per heavy atom. The van der Waals surface area contributed by atoms with E-state index in [1.807, 2.05) is 18.2 Å². The van der Waals surface area contributed by atoms with Gasteiger partial charge in [0.1, 0.15) is 0 Å². The number of thioether (sulfide) groups is 1. The van der Waals surface area contributed by atoms with E-state index in [-0.39, 0.29) is 18.7 Å². The molecule has 2 aliphatic heterocycles. The van der Waals surface area contributed by atoms with Gasteiger partial charge in [0, 0.05) is 11.3 Å². The van der Waals surface area contributed by atoms with E-state index in [0.717, 1.165) is 25.0 Å². The fourth-order valence-electron chi connectivity index (χ4n) is 4.16. The molecule has 4 atom stereocenters. The largest absolute Gasteiger partial charge is 0.560 e. The molecule has 0 bridgehead atoms. The summed E-state index contributed by atoms with van der Waals surface area (Å²) in [5, 5.41) is 2.06. The first-order valence-electron chi connectivity index (χ1n) is 9.95. The van der Waals surface area contributed by atoms with Gasteiger partial charge in [-0.2, -0.15) is 16.6 Å². The van der Waals surface area contributed by atoms with Crippen LogP contribution in [0.4, 0.5) is 4.79 Å². The zero-order valence-corrected chi connectivity index (χ0v) is 17.6. The van der Waals surface area contributed by atoms with Crippen LogP contribution < -0.4 is 5.59 Å². The molecule has 0 aliphatic carbocycles. The minimum atomic E-state index is -0.684. The van der Waals surface area contributed by atoms with E-state index >= 15 is 0 Å². The molecule has 4 unspecified atom stereocenters. The molecule has 7 nitrogen and oxygen atoms in total. The lowest BCUT2D eigenvalue weighted by Crippen LogP contribution is -2.76. The van der Waals surface area contributed by atoms with Crippen LogP contribution >= 0.6 is 11.8 Å². The Morgan fingerprint density at radius 2 is 1.96 bits per heavy atom. The third-order valence-corrected chi connectivity index (χ3v) is 6.54. The second-order valence-corrected chi connectivity index (χ2v) is 8.45. The van der Waals surface area contributed by atoms with Crippen LogP contribution in [0, 0.1) is 0 Å². The van der Waals surface area contributed by atoms with E-state index in [4.69, 9.17) is 9.57 Å². The zero-order valence-electron chi connectivity index (χ0n) is 16.8. The van der Waals surface area contributed by atoms with Crippen molar-refractivity contribution in [2.24, 2.45) is 0 Å². The molecule has 154 valence electrons. The van der Waals surface area contributed by atoms with Crippen LogP contribution in [0.1, 0.15) is 45.6 Å². The summed E-state index contributed by atoms with van der Waals surface area (Å²) in [4.78, 5) is 31.0. The van der Waals surface area contributed by atoms with Crippen molar-refractivity contribution in [3.8, 4) is 0 Å². The smallest absolute Gasteiger partial charge is 0.417 e. The summed E-state index contributed by atoms with van der Waals surface area (Å²) in [5.74, 6) is 0.798. The van der Waals surface area contributed by atoms with Crippen molar-refractivity contribution in [3.05, 3.63) is 35.9 Å². The summed E-state index contributed by atoms with van der Waals surface area (Å²) in [6.45, 7) is 6.20. The maximum Gasteiger partial charge on any atom is 0.560 e. The van der Waals surface area contributed by atoms with Gasteiger partial charge in [0.2, 0.25) is 6.04 Å². The number of rotatable bonds is 6. The number of amides is 1. The van der Waals surface area contributed by atoms with Crippen LogP contribution in [0.25, 0.3) is 0 Å². The van der Waals surface area contributed by atoms with Crippen molar-refractivity contribution < 1.29 is 23.9 Å². The van der Waals surface area contributed by atoms with Gasteiger partial charge in [0.05, 0.1) is 24.4 Å². The van der Waals surface area contributed by atoms with Crippen LogP contribution in [0.3, 0.4) is 0 Å². The third-order valence-electron chi connectivity index (χ3n) is 5.45. The topological polar surface area (TPSA) is 67.9 Å². The number of nitrogens with zero attached hydrogens (tertiary/aromatic N) is 2. The van der Waals surface area contributed by atoms with Crippen LogP contribution in [0.5, 0.6) is 0 Å². The van der Waals surface area contributed by atoms with E-state index in [2.05, 4.69) is 36.6 Å². The average Bonchev–Trinajstić information content (AvgIpc) is 3.00. The van der Waals surface area contributed by atoms with E-state index in [9.17, 15) is 9.59 Å². The van der Waals surface area contributed by atoms with Gasteiger partial charge in [-0.25, -0.2) is 4.79 Å². The summed E-state index contributed by atoms with van der Waals surface area (Å²) >= 11 is 1.62. The van der Waals surface area contributed by atoms with Gasteiger partial charge in [-0.15, -0.1) is 5.01 Å². The van der Waals surface area contributed by atoms with E-state index in [1.54, 1.807) is 18.7 Å². The number of hydrogen-bond acceptors (Lipinski definition) is 7. The Morgan fingerprint density at radius 3 is 2.61 bits per heavy atom. The van der Waals surface area contributed by atoms with E-state index in [0.29, 0.717) is 5.75 Å². The van der Waals surface area contributed by atoms with Crippen molar-refractivity contribution in [2.45, 2.75) is 63.9 Å². The molecule has 1 aromatic carbocycles. The van der Waals surface area contributed by atoms with Crippen molar-refractivity contribution >= 4 is 23.8 Å². The molecule has 2 saturated heterocycles. The average molecular weight is 409 g/mol. The summed E-state index contributed by atoms with van der Waals surface area (Å²) < 4.78 is 5.00. The predicted molar refractivity (Wildman–Crippen MR) is 108 cm³/mol. The van der Waals surface area contributed by atoms with Gasteiger partial charge in [-0.05, 0) is 50.3 Å². The second-order valence-electron chi connectivity index (χ2n) is 7.42. The Labute approximate surface area is 170 Å². The van der Waals surface area contributed by atoms with Crippen molar-refractivity contribution in [1.29, 1.82) is 0 Å². The fourth-order valence-corrected chi connectivity index (χ4v) is 5.28. The highest BCUT2D eigenvalue weighted by Gasteiger charge is 2.65. The number of carbonyl (C=O) groups is 2. The molecule has 0 aromatic heterocycles. The number of hydrogen-bond donors (Lipinski definition) is 1. The van der Waals surface area contributed by atoms with Gasteiger partial charge in [-0.3, -0.25) is 0 Å². The summed E-state index contributed by atoms with van der Waals surface area (Å²) in [6.07, 6.45) is 2.54. The number of piperidine rings is 1. The highest BCUT2D eigenvalue weighted by molar-refractivity contribution is 7.98. The molecule has 2 aliphatic rings. The highest BCUT2D eigenvalue weighted by atomic mass is 32.2. The molecule has 1 N–H and O–H groups in total. The van der Waals surface area contributed by atoms with Crippen LogP contribution in [0.2, 0.25) is 0 Å². The number of carbonyl (C=O) groups excluding carboxylic acids is 2. The summed E-state index contributed by atoms with van der Waals surface area (Å²) in [6, 6.07) is 9.65. The SMILES string of the molecule is CCOC(=O)[N+]1(N2C(C)CCCC2C)NOC(=O)C1CSCc1ccccc1. The number of benzene rings is 1. The molecule has 0 radical (unpaired) electrons. The quantitative estimate of drug-likeness (QED) is 0.724. The normalized spacial score (nSPS) is 30.8. The van der Waals surface area contributed by atoms with Crippen molar-refractivity contribution in [3.63, 3.8) is 0 Å². The van der Waals surface area contributed by atoms with Crippen molar-refractivity contribution in [1.82, 2.24) is 10.6 Å². The first kappa shape index (κ1) is 21.1. The molecule has 1 aromatic rings. The summed E-state index contributed by atoms with van der Waals surface area (Å²) in [5.41, 5.74) is 3.94. The molecule has 0 saturated carbocycles. The lowest BCUT2D eigenvalue weighted by Gasteiger charge is -2.46. The third kappa shape index (κ3) is 4.05. The minimum absolute atomic E-state index is 0.122. The standard InChI is InChI=1S/C20H30N3O4S/c1-4-26-20(25)23(22-15(2)9-8-10-16(22)3)18(19(24)27-21-23)14-28-13-17-11-6-5-7-12-17/h5-7,11-12,15-16,18,21H,4,8-10,13-14H2,1-3H3/q+1. The van der Waals surface area contributed by atoms with Gasteiger partial charge >= 0.3 is 12.1 Å². The molecule has 1 amide bonds. The Hall–Kier alpha value is -1.61. The second kappa shape index (κ2) is 9.26. The molecular formula is C20H30N3O4S+. The Bertz CT molecular complexity index is 679. The lowest BCUT2D eigenvalue weighted by atomic mass is 9.99. The number of nitrogens with one attached hydrogen (secondary N) is 1. The summed E-state index contributed by atoms with van der Waals surface area (Å²) in [7, 11) is 0. The first-order valence-corrected chi connectivity index (χ1v) is 11.1. The molecular weight excluding hydrogens is 378 g/mol. The van der Waals surface area contributed by atoms with Crippen LogP contribution in [0.15, 0.2) is 30.3 Å². The molecule has 0 spiro atoms. The Kier molecular flexibility index (Phi) is 6.98. The first-order chi connectivity index (χ1) is 13.5. The van der Waals surface area contributed by atoms with Crippen LogP contribution in [-0.4, -0.2) is 52.3 Å². The number of ether oxygens (including phenoxy) is 1. The van der Waals surface area contributed by atoms with Crippen molar-refractivity contribution in [2.75, 3.05) is 12.4 Å². The highest BCUT2D eigenvalue weighted by Crippen LogP contribution is 2.35. The molecule has 28 heavy (non-hydrogen) atoms. The van der Waals surface area contributed by atoms with E-state index < -0.39 is 22.8 Å². The monoisotopic (exact) mass is 408 g/mol. The maximum absolute atomic E-state index is 13.2. The van der Waals surface area contributed by atoms with Gasteiger partial charge in [0.25, 0.3) is 0 Å². The minimum Gasteiger partial charge on any atom is -0.417 e. The lowest BCUT2D eigenvalue weighted by molar-refractivity contribution is -1.03. The predicted octanol–water partition coefficient (Wildman–Crippen LogP) is 3.42. The molecule has 2 heterocycles. The van der Waals surface area contributed by atoms with Gasteiger partial charge in [-0.1, -0.05) is 30.3 Å². The van der Waals surface area contributed by atoms with Crippen LogP contribution in [-0.2, 0) is 20.1 Å². The Balaban J connectivity index is 1.85. The van der Waals surface area contributed by atoms with E-state index in [1.165, 1.54) is 5.56 Å². The molecule has 3 rings (SSSR count). The number of quaternary nitrogens is 1. The maximum atomic E-state index is 13.2. The molecule has 2 fully saturated rings. The van der Waals surface area contributed by atoms with Gasteiger partial charge < -0.3 is 9.57 Å².